The molecule has 0 saturated carbocycles. The summed E-state index contributed by atoms with van der Waals surface area (Å²) in [5.41, 5.74) is 0.875. The summed E-state index contributed by atoms with van der Waals surface area (Å²) in [6, 6.07) is 9.76. The van der Waals surface area contributed by atoms with Gasteiger partial charge in [-0.05, 0) is 36.8 Å². The first-order valence-electron chi connectivity index (χ1n) is 9.78. The summed E-state index contributed by atoms with van der Waals surface area (Å²) in [5, 5.41) is 0.582. The Bertz CT molecular complexity index is 1120. The summed E-state index contributed by atoms with van der Waals surface area (Å²) in [6.07, 6.45) is 5.71. The third kappa shape index (κ3) is 4.00. The molecule has 1 aromatic carbocycles. The summed E-state index contributed by atoms with van der Waals surface area (Å²) in [6.45, 7) is 2.73. The van der Waals surface area contributed by atoms with E-state index in [2.05, 4.69) is 14.9 Å². The van der Waals surface area contributed by atoms with Crippen LogP contribution in [-0.2, 0) is 10.0 Å². The van der Waals surface area contributed by atoms with Crippen LogP contribution in [0.25, 0.3) is 10.2 Å². The highest BCUT2D eigenvalue weighted by Crippen LogP contribution is 2.33. The molecule has 2 aliphatic heterocycles. The number of rotatable bonds is 7. The minimum Gasteiger partial charge on any atom is -0.492 e. The molecule has 0 amide bonds. The zero-order valence-corrected chi connectivity index (χ0v) is 18.1. The number of thiazole rings is 1. The van der Waals surface area contributed by atoms with Gasteiger partial charge in [0.2, 0.25) is 10.0 Å². The highest BCUT2D eigenvalue weighted by Gasteiger charge is 2.46. The minimum absolute atomic E-state index is 0.111. The Morgan fingerprint density at radius 1 is 1.13 bits per heavy atom. The van der Waals surface area contributed by atoms with E-state index in [1.165, 1.54) is 17.6 Å². The Labute approximate surface area is 179 Å². The largest absolute Gasteiger partial charge is 0.492 e. The normalized spacial score (nSPS) is 22.0. The summed E-state index contributed by atoms with van der Waals surface area (Å²) < 4.78 is 37.9. The van der Waals surface area contributed by atoms with Gasteiger partial charge in [-0.25, -0.2) is 13.4 Å². The van der Waals surface area contributed by atoms with Crippen molar-refractivity contribution in [2.75, 3.05) is 32.5 Å². The van der Waals surface area contributed by atoms with Gasteiger partial charge in [0.25, 0.3) is 5.19 Å². The molecule has 0 spiro atoms. The topological polar surface area (TPSA) is 84.9 Å². The second kappa shape index (κ2) is 7.77. The maximum Gasteiger partial charge on any atom is 0.279 e. The molecule has 8 nitrogen and oxygen atoms in total. The Kier molecular flexibility index (Phi) is 5.10. The quantitative estimate of drug-likeness (QED) is 0.551. The fourth-order valence-corrected chi connectivity index (χ4v) is 6.12. The number of aromatic nitrogens is 2. The average Bonchev–Trinajstić information content (AvgIpc) is 3.42. The fourth-order valence-electron chi connectivity index (χ4n) is 4.18. The first-order valence-corrected chi connectivity index (χ1v) is 12.4. The summed E-state index contributed by atoms with van der Waals surface area (Å²) in [5.74, 6) is 1.48. The number of sulfonamides is 1. The number of hydrogen-bond donors (Lipinski definition) is 0. The molecule has 2 aromatic heterocycles. The fraction of sp³-hybridized carbons (Fsp3) is 0.400. The molecule has 5 rings (SSSR count). The Balaban J connectivity index is 1.11. The van der Waals surface area contributed by atoms with Gasteiger partial charge in [-0.2, -0.15) is 4.31 Å². The molecule has 0 unspecified atom stereocenters. The zero-order chi connectivity index (χ0) is 20.7. The maximum absolute atomic E-state index is 11.8. The average molecular weight is 447 g/mol. The van der Waals surface area contributed by atoms with Crippen LogP contribution in [0.5, 0.6) is 16.7 Å². The van der Waals surface area contributed by atoms with Crippen molar-refractivity contribution in [1.82, 2.24) is 19.2 Å². The lowest BCUT2D eigenvalue weighted by Gasteiger charge is -2.32. The van der Waals surface area contributed by atoms with E-state index >= 15 is 0 Å². The number of ether oxygens (including phenoxy) is 2. The van der Waals surface area contributed by atoms with Crippen LogP contribution in [-0.4, -0.2) is 72.2 Å². The van der Waals surface area contributed by atoms with Crippen LogP contribution in [0, 0.1) is 0 Å². The van der Waals surface area contributed by atoms with E-state index in [1.807, 2.05) is 30.3 Å². The van der Waals surface area contributed by atoms with Crippen LogP contribution < -0.4 is 9.47 Å². The lowest BCUT2D eigenvalue weighted by Crippen LogP contribution is -2.49. The highest BCUT2D eigenvalue weighted by molar-refractivity contribution is 7.88. The molecule has 3 aromatic rings. The molecule has 2 fully saturated rings. The highest BCUT2D eigenvalue weighted by atomic mass is 32.2. The van der Waals surface area contributed by atoms with Crippen molar-refractivity contribution in [3.05, 3.63) is 42.7 Å². The van der Waals surface area contributed by atoms with E-state index in [1.54, 1.807) is 16.7 Å². The standard InChI is InChI=1S/C20H22N4O4S2/c1-30(25,26)24-13-14-10-15(24)12-23(14)8-9-27-16-2-4-17(5-3-16)28-20-22-18-6-7-21-11-19(18)29-20/h2-7,11,14-15H,8-10,12-13H2,1H3/t14-,15-/m1/s1. The van der Waals surface area contributed by atoms with Gasteiger partial charge in [0.1, 0.15) is 18.1 Å². The molecule has 2 atom stereocenters. The van der Waals surface area contributed by atoms with Gasteiger partial charge in [0.05, 0.1) is 16.5 Å². The smallest absolute Gasteiger partial charge is 0.279 e. The van der Waals surface area contributed by atoms with Crippen LogP contribution in [0.4, 0.5) is 0 Å². The van der Waals surface area contributed by atoms with Crippen molar-refractivity contribution >= 4 is 31.6 Å². The Morgan fingerprint density at radius 3 is 2.63 bits per heavy atom. The van der Waals surface area contributed by atoms with Crippen molar-refractivity contribution in [2.45, 2.75) is 18.5 Å². The van der Waals surface area contributed by atoms with Crippen LogP contribution >= 0.6 is 11.3 Å². The zero-order valence-electron chi connectivity index (χ0n) is 16.5. The minimum atomic E-state index is -3.10. The molecule has 2 aliphatic rings. The van der Waals surface area contributed by atoms with Crippen molar-refractivity contribution in [2.24, 2.45) is 0 Å². The number of likely N-dealkylation sites (tertiary alicyclic amines) is 1. The maximum atomic E-state index is 11.8. The molecule has 30 heavy (non-hydrogen) atoms. The van der Waals surface area contributed by atoms with Gasteiger partial charge in [-0.1, -0.05) is 11.3 Å². The number of pyridine rings is 1. The molecule has 0 radical (unpaired) electrons. The molecule has 10 heteroatoms. The number of benzene rings is 1. The molecule has 4 heterocycles. The van der Waals surface area contributed by atoms with Gasteiger partial charge >= 0.3 is 0 Å². The van der Waals surface area contributed by atoms with Crippen LogP contribution in [0.2, 0.25) is 0 Å². The second-order valence-corrected chi connectivity index (χ2v) is 10.5. The van der Waals surface area contributed by atoms with Crippen LogP contribution in [0.3, 0.4) is 0 Å². The Hall–Kier alpha value is -2.27. The van der Waals surface area contributed by atoms with E-state index in [-0.39, 0.29) is 6.04 Å². The van der Waals surface area contributed by atoms with Gasteiger partial charge in [-0.3, -0.25) is 9.88 Å². The predicted molar refractivity (Wildman–Crippen MR) is 115 cm³/mol. The monoisotopic (exact) mass is 446 g/mol. The summed E-state index contributed by atoms with van der Waals surface area (Å²) in [7, 11) is -3.10. The third-order valence-electron chi connectivity index (χ3n) is 5.58. The van der Waals surface area contributed by atoms with Gasteiger partial charge in [-0.15, -0.1) is 0 Å². The molecular formula is C20H22N4O4S2. The van der Waals surface area contributed by atoms with E-state index in [0.29, 0.717) is 30.1 Å². The number of nitrogens with zero attached hydrogens (tertiary/aromatic N) is 4. The number of piperazine rings is 1. The molecule has 158 valence electrons. The lowest BCUT2D eigenvalue weighted by atomic mass is 10.2. The predicted octanol–water partition coefficient (Wildman–Crippen LogP) is 2.58. The van der Waals surface area contributed by atoms with Gasteiger partial charge in [0.15, 0.2) is 0 Å². The lowest BCUT2D eigenvalue weighted by molar-refractivity contribution is 0.153. The van der Waals surface area contributed by atoms with Crippen molar-refractivity contribution in [3.63, 3.8) is 0 Å². The molecular weight excluding hydrogens is 424 g/mol. The van der Waals surface area contributed by atoms with Crippen molar-refractivity contribution in [3.8, 4) is 16.7 Å². The third-order valence-corrected chi connectivity index (χ3v) is 7.76. The van der Waals surface area contributed by atoms with Crippen LogP contribution in [0.15, 0.2) is 42.7 Å². The molecule has 0 aliphatic carbocycles. The molecule has 0 N–H and O–H groups in total. The second-order valence-electron chi connectivity index (χ2n) is 7.62. The molecule has 2 saturated heterocycles. The SMILES string of the molecule is CS(=O)(=O)N1C[C@H]2C[C@@H]1CN2CCOc1ccc(Oc2nc3ccncc3s2)cc1. The Morgan fingerprint density at radius 2 is 1.93 bits per heavy atom. The summed E-state index contributed by atoms with van der Waals surface area (Å²) in [4.78, 5) is 10.9. The van der Waals surface area contributed by atoms with Crippen molar-refractivity contribution < 1.29 is 17.9 Å². The van der Waals surface area contributed by atoms with E-state index < -0.39 is 10.0 Å². The van der Waals surface area contributed by atoms with E-state index in [0.717, 1.165) is 35.5 Å². The first kappa shape index (κ1) is 19.7. The van der Waals surface area contributed by atoms with Crippen molar-refractivity contribution in [1.29, 1.82) is 0 Å². The molecule has 2 bridgehead atoms. The number of fused-ring (bicyclic) bond motifs is 3. The number of hydrogen-bond acceptors (Lipinski definition) is 8. The van der Waals surface area contributed by atoms with Crippen LogP contribution in [0.1, 0.15) is 6.42 Å². The van der Waals surface area contributed by atoms with E-state index in [4.69, 9.17) is 9.47 Å². The van der Waals surface area contributed by atoms with Gasteiger partial charge < -0.3 is 9.47 Å². The van der Waals surface area contributed by atoms with Gasteiger partial charge in [0, 0.05) is 44.1 Å². The first-order chi connectivity index (χ1) is 14.5. The summed E-state index contributed by atoms with van der Waals surface area (Å²) >= 11 is 1.46. The van der Waals surface area contributed by atoms with E-state index in [9.17, 15) is 8.42 Å².